The van der Waals surface area contributed by atoms with Gasteiger partial charge in [-0.3, -0.25) is 4.79 Å². The molecular formula is C14H19BrClNO3. The van der Waals surface area contributed by atoms with E-state index in [0.717, 1.165) is 10.2 Å². The molecule has 1 rings (SSSR count). The fraction of sp³-hybridized carbons (Fsp3) is 0.500. The van der Waals surface area contributed by atoms with E-state index in [1.807, 2.05) is 13.8 Å². The highest BCUT2D eigenvalue weighted by atomic mass is 79.9. The summed E-state index contributed by atoms with van der Waals surface area (Å²) in [5.41, 5.74) is 0. The zero-order valence-electron chi connectivity index (χ0n) is 11.8. The molecule has 1 N–H and O–H groups in total. The quantitative estimate of drug-likeness (QED) is 0.596. The third-order valence-corrected chi connectivity index (χ3v) is 3.59. The Morgan fingerprint density at radius 2 is 2.15 bits per heavy atom. The Kier molecular flexibility index (Phi) is 7.34. The molecular weight excluding hydrogens is 346 g/mol. The molecule has 112 valence electrons. The fourth-order valence-electron chi connectivity index (χ4n) is 1.69. The Hall–Kier alpha value is -0.780. The summed E-state index contributed by atoms with van der Waals surface area (Å²) in [6.45, 7) is 4.92. The second-order valence-electron chi connectivity index (χ2n) is 4.62. The lowest BCUT2D eigenvalue weighted by atomic mass is 10.1. The van der Waals surface area contributed by atoms with Gasteiger partial charge in [-0.1, -0.05) is 25.4 Å². The largest absolute Gasteiger partial charge is 0.491 e. The molecule has 4 nitrogen and oxygen atoms in total. The van der Waals surface area contributed by atoms with Crippen LogP contribution in [0.15, 0.2) is 22.7 Å². The highest BCUT2D eigenvalue weighted by Crippen LogP contribution is 2.27. The Labute approximate surface area is 132 Å². The summed E-state index contributed by atoms with van der Waals surface area (Å²) in [6, 6.07) is 5.01. The van der Waals surface area contributed by atoms with Crippen molar-refractivity contribution in [3.05, 3.63) is 27.7 Å². The Balaban J connectivity index is 2.42. The van der Waals surface area contributed by atoms with Crippen LogP contribution in [0.25, 0.3) is 0 Å². The first kappa shape index (κ1) is 17.3. The molecule has 0 radical (unpaired) electrons. The van der Waals surface area contributed by atoms with Gasteiger partial charge in [-0.05, 0) is 40.0 Å². The van der Waals surface area contributed by atoms with Crippen LogP contribution in [0.5, 0.6) is 5.75 Å². The van der Waals surface area contributed by atoms with Crippen molar-refractivity contribution in [1.82, 2.24) is 5.32 Å². The van der Waals surface area contributed by atoms with Crippen LogP contribution in [-0.4, -0.2) is 32.3 Å². The van der Waals surface area contributed by atoms with Crippen molar-refractivity contribution in [1.29, 1.82) is 0 Å². The molecule has 0 heterocycles. The zero-order chi connectivity index (χ0) is 15.1. The van der Waals surface area contributed by atoms with E-state index in [1.54, 1.807) is 18.2 Å². The van der Waals surface area contributed by atoms with Crippen molar-refractivity contribution in [2.24, 2.45) is 5.92 Å². The van der Waals surface area contributed by atoms with Crippen molar-refractivity contribution in [3.63, 3.8) is 0 Å². The highest BCUT2D eigenvalue weighted by molar-refractivity contribution is 9.10. The van der Waals surface area contributed by atoms with Crippen LogP contribution in [0.2, 0.25) is 5.02 Å². The van der Waals surface area contributed by atoms with Gasteiger partial charge >= 0.3 is 5.97 Å². The minimum absolute atomic E-state index is 0.157. The summed E-state index contributed by atoms with van der Waals surface area (Å²) in [5, 5.41) is 3.78. The first-order chi connectivity index (χ1) is 9.45. The SMILES string of the molecule is COC(=O)C(NCCOc1ccc(Cl)cc1Br)C(C)C. The predicted molar refractivity (Wildman–Crippen MR) is 83.3 cm³/mol. The number of halogens is 2. The van der Waals surface area contributed by atoms with E-state index in [2.05, 4.69) is 21.2 Å². The Bertz CT molecular complexity index is 454. The molecule has 1 unspecified atom stereocenters. The molecule has 6 heteroatoms. The normalized spacial score (nSPS) is 12.3. The summed E-state index contributed by atoms with van der Waals surface area (Å²) in [7, 11) is 1.39. The lowest BCUT2D eigenvalue weighted by Crippen LogP contribution is -2.43. The van der Waals surface area contributed by atoms with E-state index in [1.165, 1.54) is 7.11 Å². The second kappa shape index (κ2) is 8.49. The minimum atomic E-state index is -0.322. The number of carbonyl (C=O) groups excluding carboxylic acids is 1. The molecule has 0 amide bonds. The number of carbonyl (C=O) groups is 1. The third kappa shape index (κ3) is 5.31. The fourth-order valence-corrected chi connectivity index (χ4v) is 2.48. The van der Waals surface area contributed by atoms with E-state index in [0.29, 0.717) is 18.2 Å². The van der Waals surface area contributed by atoms with E-state index in [-0.39, 0.29) is 17.9 Å². The van der Waals surface area contributed by atoms with Gasteiger partial charge in [-0.15, -0.1) is 0 Å². The standard InChI is InChI=1S/C14H19BrClNO3/c1-9(2)13(14(18)19-3)17-6-7-20-12-5-4-10(16)8-11(12)15/h4-5,8-9,13,17H,6-7H2,1-3H3. The van der Waals surface area contributed by atoms with Gasteiger partial charge in [-0.25, -0.2) is 0 Å². The number of benzene rings is 1. The first-order valence-corrected chi connectivity index (χ1v) is 7.52. The zero-order valence-corrected chi connectivity index (χ0v) is 14.1. The average Bonchev–Trinajstić information content (AvgIpc) is 2.39. The van der Waals surface area contributed by atoms with Crippen molar-refractivity contribution >= 4 is 33.5 Å². The van der Waals surface area contributed by atoms with Crippen molar-refractivity contribution in [2.45, 2.75) is 19.9 Å². The molecule has 0 aromatic heterocycles. The van der Waals surface area contributed by atoms with Gasteiger partial charge in [0.1, 0.15) is 18.4 Å². The first-order valence-electron chi connectivity index (χ1n) is 6.34. The monoisotopic (exact) mass is 363 g/mol. The van der Waals surface area contributed by atoms with Crippen molar-refractivity contribution in [2.75, 3.05) is 20.3 Å². The molecule has 0 saturated carbocycles. The van der Waals surface area contributed by atoms with Crippen LogP contribution in [0, 0.1) is 5.92 Å². The molecule has 0 bridgehead atoms. The average molecular weight is 365 g/mol. The number of methoxy groups -OCH3 is 1. The van der Waals surface area contributed by atoms with E-state index in [4.69, 9.17) is 21.1 Å². The molecule has 0 spiro atoms. The van der Waals surface area contributed by atoms with Gasteiger partial charge in [0.15, 0.2) is 0 Å². The molecule has 20 heavy (non-hydrogen) atoms. The van der Waals surface area contributed by atoms with Gasteiger partial charge < -0.3 is 14.8 Å². The maximum atomic E-state index is 11.6. The molecule has 1 atom stereocenters. The number of esters is 1. The van der Waals surface area contributed by atoms with Gasteiger partial charge in [-0.2, -0.15) is 0 Å². The summed E-state index contributed by atoms with van der Waals surface area (Å²) in [6.07, 6.45) is 0. The number of ether oxygens (including phenoxy) is 2. The van der Waals surface area contributed by atoms with Crippen LogP contribution < -0.4 is 10.1 Å². The lowest BCUT2D eigenvalue weighted by Gasteiger charge is -2.20. The Morgan fingerprint density at radius 1 is 1.45 bits per heavy atom. The van der Waals surface area contributed by atoms with Gasteiger partial charge in [0.2, 0.25) is 0 Å². The number of nitrogens with one attached hydrogen (secondary N) is 1. The number of rotatable bonds is 7. The van der Waals surface area contributed by atoms with E-state index < -0.39 is 0 Å². The van der Waals surface area contributed by atoms with Crippen molar-refractivity contribution < 1.29 is 14.3 Å². The van der Waals surface area contributed by atoms with Gasteiger partial charge in [0, 0.05) is 11.6 Å². The van der Waals surface area contributed by atoms with Crippen LogP contribution in [0.3, 0.4) is 0 Å². The van der Waals surface area contributed by atoms with Crippen LogP contribution in [-0.2, 0) is 9.53 Å². The Morgan fingerprint density at radius 3 is 2.70 bits per heavy atom. The summed E-state index contributed by atoms with van der Waals surface area (Å²) >= 11 is 9.24. The summed E-state index contributed by atoms with van der Waals surface area (Å²) < 4.78 is 11.2. The lowest BCUT2D eigenvalue weighted by molar-refractivity contribution is -0.144. The predicted octanol–water partition coefficient (Wildman–Crippen LogP) is 3.27. The highest BCUT2D eigenvalue weighted by Gasteiger charge is 2.21. The third-order valence-electron chi connectivity index (χ3n) is 2.74. The van der Waals surface area contributed by atoms with Crippen LogP contribution in [0.1, 0.15) is 13.8 Å². The smallest absolute Gasteiger partial charge is 0.323 e. The molecule has 0 saturated heterocycles. The summed E-state index contributed by atoms with van der Waals surface area (Å²) in [5.74, 6) is 0.618. The number of hydrogen-bond acceptors (Lipinski definition) is 4. The minimum Gasteiger partial charge on any atom is -0.491 e. The summed E-state index contributed by atoms with van der Waals surface area (Å²) in [4.78, 5) is 11.6. The topological polar surface area (TPSA) is 47.6 Å². The molecule has 0 aliphatic heterocycles. The maximum absolute atomic E-state index is 11.6. The van der Waals surface area contributed by atoms with Crippen LogP contribution in [0.4, 0.5) is 0 Å². The van der Waals surface area contributed by atoms with Gasteiger partial charge in [0.05, 0.1) is 11.6 Å². The van der Waals surface area contributed by atoms with Crippen molar-refractivity contribution in [3.8, 4) is 5.75 Å². The van der Waals surface area contributed by atoms with E-state index >= 15 is 0 Å². The second-order valence-corrected chi connectivity index (χ2v) is 5.91. The molecule has 1 aromatic carbocycles. The van der Waals surface area contributed by atoms with Crippen LogP contribution >= 0.6 is 27.5 Å². The molecule has 0 aliphatic rings. The molecule has 1 aromatic rings. The molecule has 0 aliphatic carbocycles. The molecule has 0 fully saturated rings. The van der Waals surface area contributed by atoms with Gasteiger partial charge in [0.25, 0.3) is 0 Å². The maximum Gasteiger partial charge on any atom is 0.323 e. The van der Waals surface area contributed by atoms with E-state index in [9.17, 15) is 4.79 Å². The number of hydrogen-bond donors (Lipinski definition) is 1.